The van der Waals surface area contributed by atoms with Gasteiger partial charge in [0, 0.05) is 4.90 Å². The van der Waals surface area contributed by atoms with E-state index in [4.69, 9.17) is 0 Å². The Morgan fingerprint density at radius 2 is 1.55 bits per heavy atom. The summed E-state index contributed by atoms with van der Waals surface area (Å²) in [5, 5.41) is -0.291. The quantitative estimate of drug-likeness (QED) is 0.616. The average Bonchev–Trinajstić information content (AvgIpc) is 2.74. The van der Waals surface area contributed by atoms with Crippen molar-refractivity contribution in [3.63, 3.8) is 0 Å². The molecule has 0 N–H and O–H groups in total. The van der Waals surface area contributed by atoms with Gasteiger partial charge in [0.15, 0.2) is 0 Å². The van der Waals surface area contributed by atoms with Gasteiger partial charge in [0.2, 0.25) is 0 Å². The van der Waals surface area contributed by atoms with Gasteiger partial charge >= 0.3 is 0 Å². The lowest BCUT2D eigenvalue weighted by atomic mass is 9.74. The van der Waals surface area contributed by atoms with E-state index < -0.39 is 19.8 Å². The molecule has 0 bridgehead atoms. The zero-order valence-corrected chi connectivity index (χ0v) is 18.2. The van der Waals surface area contributed by atoms with Gasteiger partial charge in [-0.1, -0.05) is 60.9 Å². The van der Waals surface area contributed by atoms with Crippen molar-refractivity contribution in [2.75, 3.05) is 0 Å². The molecule has 4 rings (SSSR count). The third kappa shape index (κ3) is 4.05. The second-order valence-electron chi connectivity index (χ2n) is 8.06. The zero-order chi connectivity index (χ0) is 20.5. The van der Waals surface area contributed by atoms with Crippen molar-refractivity contribution in [3.05, 3.63) is 72.3 Å². The molecule has 0 radical (unpaired) electrons. The number of hydrogen-bond acceptors (Lipinski definition) is 3. The number of rotatable bonds is 4. The summed E-state index contributed by atoms with van der Waals surface area (Å²) in [5.74, 6) is 0.572. The topological polar surface area (TPSA) is 63.6 Å². The van der Waals surface area contributed by atoms with E-state index in [1.54, 1.807) is 48.5 Å². The van der Waals surface area contributed by atoms with Crippen LogP contribution < -0.4 is 0 Å². The first-order valence-corrected chi connectivity index (χ1v) is 13.2. The summed E-state index contributed by atoms with van der Waals surface area (Å²) in [7, 11) is -7.21. The SMILES string of the molecule is Cc1ccc(S(=O)(=O)N=S(=O)(c2ccccc2)[C@@H]2CC=C[C@H]3CCCC[C@@H]23)cc1. The van der Waals surface area contributed by atoms with Crippen LogP contribution in [0.5, 0.6) is 0 Å². The Morgan fingerprint density at radius 3 is 2.28 bits per heavy atom. The monoisotopic (exact) mass is 429 g/mol. The molecule has 4 nitrogen and oxygen atoms in total. The Labute approximate surface area is 174 Å². The van der Waals surface area contributed by atoms with Crippen LogP contribution in [-0.4, -0.2) is 17.9 Å². The lowest BCUT2D eigenvalue weighted by molar-refractivity contribution is 0.263. The number of hydrogen-bond donors (Lipinski definition) is 0. The molecule has 2 aliphatic carbocycles. The number of fused-ring (bicyclic) bond motifs is 1. The first-order valence-electron chi connectivity index (χ1n) is 10.2. The van der Waals surface area contributed by atoms with Crippen molar-refractivity contribution in [1.82, 2.24) is 0 Å². The Kier molecular flexibility index (Phi) is 5.67. The largest absolute Gasteiger partial charge is 0.290 e. The molecule has 29 heavy (non-hydrogen) atoms. The number of allylic oxidation sites excluding steroid dienone is 2. The minimum Gasteiger partial charge on any atom is -0.243 e. The van der Waals surface area contributed by atoms with Gasteiger partial charge in [-0.25, -0.2) is 4.21 Å². The fraction of sp³-hybridized carbons (Fsp3) is 0.391. The van der Waals surface area contributed by atoms with Crippen LogP contribution in [0, 0.1) is 18.8 Å². The first-order chi connectivity index (χ1) is 13.9. The molecule has 0 spiro atoms. The van der Waals surface area contributed by atoms with Crippen LogP contribution in [0.25, 0.3) is 0 Å². The standard InChI is InChI=1S/C23H27NO3S2/c1-18-14-16-21(17-15-18)29(26,27)24-28(25,20-10-3-2-4-11-20)23-13-7-9-19-8-5-6-12-22(19)23/h2-4,7,9-11,14-17,19,22-23H,5-6,8,12-13H2,1H3/t19-,22-,23-,28?/m1/s1. The van der Waals surface area contributed by atoms with Crippen molar-refractivity contribution in [3.8, 4) is 0 Å². The number of aryl methyl sites for hydroxylation is 1. The molecule has 0 saturated heterocycles. The Balaban J connectivity index is 1.88. The van der Waals surface area contributed by atoms with E-state index in [9.17, 15) is 12.6 Å². The highest BCUT2D eigenvalue weighted by Crippen LogP contribution is 2.43. The van der Waals surface area contributed by atoms with Crippen LogP contribution in [0.15, 0.2) is 80.3 Å². The summed E-state index contributed by atoms with van der Waals surface area (Å²) in [5.41, 5.74) is 0.968. The molecule has 0 aliphatic heterocycles. The molecule has 1 fully saturated rings. The average molecular weight is 430 g/mol. The first kappa shape index (κ1) is 20.4. The summed E-state index contributed by atoms with van der Waals surface area (Å²) < 4.78 is 45.0. The smallest absolute Gasteiger partial charge is 0.243 e. The van der Waals surface area contributed by atoms with Gasteiger partial charge < -0.3 is 0 Å². The minimum absolute atomic E-state index is 0.0956. The molecule has 0 amide bonds. The second-order valence-corrected chi connectivity index (χ2v) is 12.3. The van der Waals surface area contributed by atoms with Crippen molar-refractivity contribution in [2.24, 2.45) is 15.6 Å². The van der Waals surface area contributed by atoms with E-state index in [0.717, 1.165) is 24.8 Å². The lowest BCUT2D eigenvalue weighted by Gasteiger charge is -2.39. The van der Waals surface area contributed by atoms with Crippen LogP contribution in [0.1, 0.15) is 37.7 Å². The highest BCUT2D eigenvalue weighted by molar-refractivity contribution is 8.03. The second kappa shape index (κ2) is 8.07. The molecule has 154 valence electrons. The molecule has 2 aromatic rings. The summed E-state index contributed by atoms with van der Waals surface area (Å²) in [6.45, 7) is 1.90. The van der Waals surface area contributed by atoms with E-state index >= 15 is 0 Å². The Hall–Kier alpha value is -1.92. The van der Waals surface area contributed by atoms with Crippen LogP contribution in [0.3, 0.4) is 0 Å². The zero-order valence-electron chi connectivity index (χ0n) is 16.6. The van der Waals surface area contributed by atoms with Crippen molar-refractivity contribution in [1.29, 1.82) is 0 Å². The molecule has 0 aromatic heterocycles. The summed E-state index contributed by atoms with van der Waals surface area (Å²) >= 11 is 0. The molecule has 2 aliphatic rings. The third-order valence-corrected chi connectivity index (χ3v) is 11.0. The maximum Gasteiger partial charge on any atom is 0.290 e. The molecule has 2 aromatic carbocycles. The third-order valence-electron chi connectivity index (χ3n) is 6.12. The fourth-order valence-corrected chi connectivity index (χ4v) is 9.46. The van der Waals surface area contributed by atoms with E-state index in [2.05, 4.69) is 15.9 Å². The predicted molar refractivity (Wildman–Crippen MR) is 117 cm³/mol. The Bertz CT molecular complexity index is 1110. The lowest BCUT2D eigenvalue weighted by Crippen LogP contribution is -2.38. The number of sulfonamides is 1. The van der Waals surface area contributed by atoms with Crippen LogP contribution >= 0.6 is 0 Å². The number of nitrogens with zero attached hydrogens (tertiary/aromatic N) is 1. The van der Waals surface area contributed by atoms with Crippen LogP contribution in [-0.2, 0) is 19.8 Å². The van der Waals surface area contributed by atoms with E-state index in [1.165, 1.54) is 6.42 Å². The predicted octanol–water partition coefficient (Wildman–Crippen LogP) is 5.35. The summed E-state index contributed by atoms with van der Waals surface area (Å²) in [6.07, 6.45) is 9.23. The van der Waals surface area contributed by atoms with Gasteiger partial charge in [-0.05, 0) is 62.3 Å². The van der Waals surface area contributed by atoms with Gasteiger partial charge in [0.25, 0.3) is 10.0 Å². The van der Waals surface area contributed by atoms with Gasteiger partial charge in [-0.15, -0.1) is 3.77 Å². The highest BCUT2D eigenvalue weighted by atomic mass is 32.3. The summed E-state index contributed by atoms with van der Waals surface area (Å²) in [4.78, 5) is 0.610. The molecular weight excluding hydrogens is 402 g/mol. The molecule has 6 heteroatoms. The molecule has 0 heterocycles. The van der Waals surface area contributed by atoms with Gasteiger partial charge in [0.05, 0.1) is 19.9 Å². The van der Waals surface area contributed by atoms with E-state index in [-0.39, 0.29) is 16.1 Å². The molecule has 4 atom stereocenters. The van der Waals surface area contributed by atoms with Crippen LogP contribution in [0.4, 0.5) is 0 Å². The highest BCUT2D eigenvalue weighted by Gasteiger charge is 2.40. The van der Waals surface area contributed by atoms with Crippen LogP contribution in [0.2, 0.25) is 0 Å². The van der Waals surface area contributed by atoms with Gasteiger partial charge in [-0.2, -0.15) is 8.42 Å². The van der Waals surface area contributed by atoms with Crippen molar-refractivity contribution >= 4 is 19.8 Å². The number of benzene rings is 2. The summed E-state index contributed by atoms with van der Waals surface area (Å²) in [6, 6.07) is 15.5. The minimum atomic E-state index is -4.04. The Morgan fingerprint density at radius 1 is 0.862 bits per heavy atom. The maximum absolute atomic E-state index is 14.5. The maximum atomic E-state index is 14.5. The van der Waals surface area contributed by atoms with E-state index in [0.29, 0.717) is 17.2 Å². The van der Waals surface area contributed by atoms with Crippen molar-refractivity contribution in [2.45, 2.75) is 54.1 Å². The van der Waals surface area contributed by atoms with Gasteiger partial charge in [0.1, 0.15) is 0 Å². The van der Waals surface area contributed by atoms with Crippen molar-refractivity contribution < 1.29 is 12.6 Å². The molecule has 1 saturated carbocycles. The fourth-order valence-electron chi connectivity index (χ4n) is 4.61. The normalized spacial score (nSPS) is 26.3. The van der Waals surface area contributed by atoms with Gasteiger partial charge in [-0.3, -0.25) is 0 Å². The molecular formula is C23H27NO3S2. The molecule has 1 unspecified atom stereocenters. The van der Waals surface area contributed by atoms with E-state index in [1.807, 2.05) is 13.0 Å².